The Morgan fingerprint density at radius 2 is 1.37 bits per heavy atom. The maximum atomic E-state index is 12.0. The second-order valence-corrected chi connectivity index (χ2v) is 8.22. The minimum atomic E-state index is -0.319. The maximum Gasteiger partial charge on any atom is 0.222 e. The lowest BCUT2D eigenvalue weighted by molar-refractivity contribution is -0.134. The second-order valence-electron chi connectivity index (χ2n) is 8.22. The molecule has 0 heterocycles. The van der Waals surface area contributed by atoms with Crippen LogP contribution in [0.15, 0.2) is 0 Å². The fourth-order valence-electron chi connectivity index (χ4n) is 3.42. The van der Waals surface area contributed by atoms with E-state index in [0.717, 1.165) is 12.8 Å². The molecule has 0 aromatic carbocycles. The lowest BCUT2D eigenvalue weighted by atomic mass is 9.58. The van der Waals surface area contributed by atoms with Crippen LogP contribution < -0.4 is 5.32 Å². The van der Waals surface area contributed by atoms with Crippen LogP contribution in [0.4, 0.5) is 0 Å². The van der Waals surface area contributed by atoms with E-state index in [1.165, 1.54) is 0 Å². The molecule has 1 rings (SSSR count). The van der Waals surface area contributed by atoms with Crippen LogP contribution in [-0.2, 0) is 4.79 Å². The van der Waals surface area contributed by atoms with Crippen molar-refractivity contribution in [3.05, 3.63) is 0 Å². The molecule has 0 saturated heterocycles. The summed E-state index contributed by atoms with van der Waals surface area (Å²) in [6, 6.07) is 0. The first kappa shape index (κ1) is 16.5. The average Bonchev–Trinajstić information content (AvgIpc) is 2.25. The van der Waals surface area contributed by atoms with E-state index in [9.17, 15) is 9.90 Å². The number of aliphatic hydroxyl groups excluding tert-OH is 1. The normalized spacial score (nSPS) is 33.1. The number of rotatable bonds is 1. The molecular weight excluding hydrogens is 238 g/mol. The third kappa shape index (κ3) is 3.71. The molecule has 0 aliphatic heterocycles. The predicted octanol–water partition coefficient (Wildman–Crippen LogP) is 2.83. The molecule has 1 fully saturated rings. The molecule has 2 atom stereocenters. The van der Waals surface area contributed by atoms with E-state index < -0.39 is 0 Å². The zero-order chi connectivity index (χ0) is 15.0. The first-order chi connectivity index (χ1) is 8.48. The standard InChI is InChI=1S/C16H31NO2/c1-15(2,3)11-8-10(14(19)17-7)9-12(13(11)18)16(4,5)6/h10-13,18H,8-9H2,1-7H3,(H,17,19). The summed E-state index contributed by atoms with van der Waals surface area (Å²) >= 11 is 0. The van der Waals surface area contributed by atoms with Crippen molar-refractivity contribution in [1.82, 2.24) is 5.32 Å². The molecule has 0 bridgehead atoms. The third-order valence-corrected chi connectivity index (χ3v) is 4.74. The first-order valence-corrected chi connectivity index (χ1v) is 7.38. The van der Waals surface area contributed by atoms with E-state index in [0.29, 0.717) is 0 Å². The molecule has 112 valence electrons. The van der Waals surface area contributed by atoms with E-state index >= 15 is 0 Å². The van der Waals surface area contributed by atoms with Gasteiger partial charge in [0.05, 0.1) is 6.10 Å². The van der Waals surface area contributed by atoms with Crippen molar-refractivity contribution in [3.63, 3.8) is 0 Å². The van der Waals surface area contributed by atoms with Crippen LogP contribution in [0.2, 0.25) is 0 Å². The van der Waals surface area contributed by atoms with Gasteiger partial charge in [-0.2, -0.15) is 0 Å². The Bertz CT molecular complexity index is 301. The van der Waals surface area contributed by atoms with Crippen LogP contribution >= 0.6 is 0 Å². The van der Waals surface area contributed by atoms with Crippen molar-refractivity contribution in [2.75, 3.05) is 7.05 Å². The van der Waals surface area contributed by atoms with Crippen molar-refractivity contribution >= 4 is 5.91 Å². The Morgan fingerprint density at radius 1 is 1.00 bits per heavy atom. The molecule has 1 aliphatic rings. The van der Waals surface area contributed by atoms with Crippen LogP contribution in [0.1, 0.15) is 54.4 Å². The SMILES string of the molecule is CNC(=O)C1CC(C(C)(C)C)C(O)C(C(C)(C)C)C1. The lowest BCUT2D eigenvalue weighted by Crippen LogP contribution is -2.50. The van der Waals surface area contributed by atoms with Gasteiger partial charge >= 0.3 is 0 Å². The van der Waals surface area contributed by atoms with Crippen LogP contribution in [0.5, 0.6) is 0 Å². The van der Waals surface area contributed by atoms with Gasteiger partial charge in [-0.1, -0.05) is 41.5 Å². The van der Waals surface area contributed by atoms with Gasteiger partial charge in [0.25, 0.3) is 0 Å². The molecule has 3 heteroatoms. The van der Waals surface area contributed by atoms with Crippen molar-refractivity contribution < 1.29 is 9.90 Å². The highest BCUT2D eigenvalue weighted by atomic mass is 16.3. The Balaban J connectivity index is 3.04. The van der Waals surface area contributed by atoms with Gasteiger partial charge in [-0.15, -0.1) is 0 Å². The van der Waals surface area contributed by atoms with Gasteiger partial charge in [-0.25, -0.2) is 0 Å². The summed E-state index contributed by atoms with van der Waals surface area (Å²) < 4.78 is 0. The third-order valence-electron chi connectivity index (χ3n) is 4.74. The van der Waals surface area contributed by atoms with E-state index in [-0.39, 0.29) is 40.6 Å². The van der Waals surface area contributed by atoms with Gasteiger partial charge in [0.2, 0.25) is 5.91 Å². The summed E-state index contributed by atoms with van der Waals surface area (Å²) in [5.41, 5.74) is 0.0468. The highest BCUT2D eigenvalue weighted by Gasteiger charge is 2.47. The Hall–Kier alpha value is -0.570. The van der Waals surface area contributed by atoms with Crippen LogP contribution in [0.3, 0.4) is 0 Å². The van der Waals surface area contributed by atoms with Gasteiger partial charge in [0, 0.05) is 13.0 Å². The quantitative estimate of drug-likeness (QED) is 0.769. The number of nitrogens with one attached hydrogen (secondary N) is 1. The molecule has 2 N–H and O–H groups in total. The molecule has 0 spiro atoms. The van der Waals surface area contributed by atoms with E-state index in [1.807, 2.05) is 0 Å². The van der Waals surface area contributed by atoms with Gasteiger partial charge in [-0.3, -0.25) is 4.79 Å². The monoisotopic (exact) mass is 269 g/mol. The van der Waals surface area contributed by atoms with Crippen LogP contribution in [0, 0.1) is 28.6 Å². The number of carbonyl (C=O) groups excluding carboxylic acids is 1. The highest BCUT2D eigenvalue weighted by Crippen LogP contribution is 2.48. The average molecular weight is 269 g/mol. The van der Waals surface area contributed by atoms with Gasteiger partial charge in [-0.05, 0) is 35.5 Å². The summed E-state index contributed by atoms with van der Waals surface area (Å²) in [6.45, 7) is 13.0. The number of hydrogen-bond acceptors (Lipinski definition) is 2. The minimum Gasteiger partial charge on any atom is -0.393 e. The van der Waals surface area contributed by atoms with Crippen molar-refractivity contribution in [3.8, 4) is 0 Å². The fourth-order valence-corrected chi connectivity index (χ4v) is 3.42. The zero-order valence-electron chi connectivity index (χ0n) is 13.6. The molecule has 0 radical (unpaired) electrons. The molecule has 19 heavy (non-hydrogen) atoms. The summed E-state index contributed by atoms with van der Waals surface area (Å²) in [7, 11) is 1.70. The van der Waals surface area contributed by atoms with Crippen molar-refractivity contribution in [1.29, 1.82) is 0 Å². The van der Waals surface area contributed by atoms with Gasteiger partial charge in [0.1, 0.15) is 0 Å². The summed E-state index contributed by atoms with van der Waals surface area (Å²) in [6.07, 6.45) is 1.26. The van der Waals surface area contributed by atoms with Crippen molar-refractivity contribution in [2.45, 2.75) is 60.5 Å². The Kier molecular flexibility index (Phi) is 4.71. The predicted molar refractivity (Wildman–Crippen MR) is 78.7 cm³/mol. The summed E-state index contributed by atoms with van der Waals surface area (Å²) in [5, 5.41) is 13.5. The largest absolute Gasteiger partial charge is 0.393 e. The maximum absolute atomic E-state index is 12.0. The second kappa shape index (κ2) is 5.43. The topological polar surface area (TPSA) is 49.3 Å². The van der Waals surface area contributed by atoms with Crippen molar-refractivity contribution in [2.24, 2.45) is 28.6 Å². The smallest absolute Gasteiger partial charge is 0.222 e. The molecule has 3 nitrogen and oxygen atoms in total. The fraction of sp³-hybridized carbons (Fsp3) is 0.938. The van der Waals surface area contributed by atoms with E-state index in [2.05, 4.69) is 46.9 Å². The molecule has 1 amide bonds. The molecule has 1 saturated carbocycles. The van der Waals surface area contributed by atoms with Gasteiger partial charge in [0.15, 0.2) is 0 Å². The van der Waals surface area contributed by atoms with E-state index in [1.54, 1.807) is 7.05 Å². The minimum absolute atomic E-state index is 0.0234. The first-order valence-electron chi connectivity index (χ1n) is 7.38. The molecule has 2 unspecified atom stereocenters. The molecule has 1 aliphatic carbocycles. The summed E-state index contributed by atoms with van der Waals surface area (Å²) in [5.74, 6) is 0.498. The number of hydrogen-bond donors (Lipinski definition) is 2. The molecule has 0 aromatic rings. The number of amides is 1. The number of carbonyl (C=O) groups is 1. The Labute approximate surface area is 118 Å². The highest BCUT2D eigenvalue weighted by molar-refractivity contribution is 5.78. The van der Waals surface area contributed by atoms with Gasteiger partial charge < -0.3 is 10.4 Å². The summed E-state index contributed by atoms with van der Waals surface area (Å²) in [4.78, 5) is 12.0. The zero-order valence-corrected chi connectivity index (χ0v) is 13.6. The van der Waals surface area contributed by atoms with Crippen LogP contribution in [-0.4, -0.2) is 24.2 Å². The Morgan fingerprint density at radius 3 is 1.63 bits per heavy atom. The molecule has 0 aromatic heterocycles. The molecular formula is C16H31NO2. The lowest BCUT2D eigenvalue weighted by Gasteiger charge is -2.48. The van der Waals surface area contributed by atoms with Crippen LogP contribution in [0.25, 0.3) is 0 Å². The number of aliphatic hydroxyl groups is 1. The van der Waals surface area contributed by atoms with E-state index in [4.69, 9.17) is 0 Å².